The van der Waals surface area contributed by atoms with Crippen LogP contribution in [0.4, 0.5) is 0 Å². The third-order valence-electron chi connectivity index (χ3n) is 26.7. The van der Waals surface area contributed by atoms with Gasteiger partial charge >= 0.3 is 0 Å². The lowest BCUT2D eigenvalue weighted by Crippen LogP contribution is -2.48. The second kappa shape index (κ2) is 39.7. The van der Waals surface area contributed by atoms with Gasteiger partial charge in [-0.3, -0.25) is 9.59 Å². The molecule has 4 saturated heterocycles. The van der Waals surface area contributed by atoms with Crippen molar-refractivity contribution in [2.24, 2.45) is 0 Å². The second-order valence-electron chi connectivity index (χ2n) is 44.5. The first-order chi connectivity index (χ1) is 61.9. The monoisotopic (exact) mass is 1780 g/mol. The van der Waals surface area contributed by atoms with E-state index in [1.165, 1.54) is 95.7 Å². The molecule has 24 nitrogen and oxygen atoms in total. The smallest absolute Gasteiger partial charge is 0.242 e. The van der Waals surface area contributed by atoms with Gasteiger partial charge in [0.15, 0.2) is 0 Å². The first-order valence-electron chi connectivity index (χ1n) is 48.2. The first-order valence-corrected chi connectivity index (χ1v) is 48.2. The van der Waals surface area contributed by atoms with E-state index in [0.717, 1.165) is 164 Å². The summed E-state index contributed by atoms with van der Waals surface area (Å²) in [4.78, 5) is 76.1. The Morgan fingerprint density at radius 3 is 1.17 bits per heavy atom. The Bertz CT molecular complexity index is 5990. The Balaban J connectivity index is 0.000000124. The van der Waals surface area contributed by atoms with Crippen LogP contribution in [-0.2, 0) is 63.5 Å². The number of hydrogen-bond acceptors (Lipinski definition) is 15. The molecule has 12 aromatic heterocycles. The molecule has 16 heterocycles. The predicted molar refractivity (Wildman–Crippen MR) is 531 cm³/mol. The lowest BCUT2D eigenvalue weighted by atomic mass is 9.87. The number of amides is 2. The van der Waals surface area contributed by atoms with E-state index < -0.39 is 0 Å². The number of aryl methyl sites for hydroxylation is 1. The lowest BCUT2D eigenvalue weighted by Gasteiger charge is -2.32. The first kappa shape index (κ1) is 96.5. The third-order valence-corrected chi connectivity index (χ3v) is 26.7. The molecule has 0 atom stereocenters. The summed E-state index contributed by atoms with van der Waals surface area (Å²) in [7, 11) is 2.09. The molecule has 2 aromatic carbocycles. The van der Waals surface area contributed by atoms with E-state index in [2.05, 4.69) is 330 Å². The van der Waals surface area contributed by atoms with Gasteiger partial charge in [0, 0.05) is 194 Å². The molecule has 6 fully saturated rings. The van der Waals surface area contributed by atoms with E-state index in [9.17, 15) is 9.59 Å². The van der Waals surface area contributed by atoms with Crippen molar-refractivity contribution >= 4 is 83.5 Å². The van der Waals surface area contributed by atoms with Gasteiger partial charge in [-0.25, -0.2) is 49.8 Å². The standard InChI is InChI=1S/C17H25N5O.C17H24N4O.C16H23N3.C16H22N2O.C14H19N3.C14H18N2O.C13H17N/c1-17(2,3)16-18-11-13-5-6-22(15(13)19-16)12-14(23)21-9-7-20(4)8-10-21;1-12(22)20-8-6-14(7-9-20)21-10-5-13-11-18-16(17(2,3)4)19-15(13)21;1-16(2,3)15-17-11-12-9-10-19(14(12)18-15)13-7-5-4-6-8-13;1-16(2,3)12-4-5-14-15(10-12)18(11-17-14)13-6-8-19-9-7-13;1-14(2,3)13-15-9-10-7-8-17(12(10)16-13)11-5-4-6-11;1-14(2,3)10-4-5-12-13(6-10)16(9-15-12)11-7-17-8-11;1-10-5-7-12-8-6-11(9-14(10)12)13(2,3)4/h5-6,11H,7-10,12H2,1-4H3;5,10-11,14H,6-9H2,1-4H3;9-11,13H,4-8H2,1-3H3;4-5,10-11,13H,6-9H2,1-3H3;7-9,11H,4-6H2,1-3H3;4-6,9,11H,7-8H2,1-3H3;5-9H,1-4H3. The molecule has 4 aliphatic heterocycles. The summed E-state index contributed by atoms with van der Waals surface area (Å²) < 4.78 is 26.5. The van der Waals surface area contributed by atoms with E-state index >= 15 is 0 Å². The van der Waals surface area contributed by atoms with Gasteiger partial charge in [-0.1, -0.05) is 183 Å². The Labute approximate surface area is 777 Å². The van der Waals surface area contributed by atoms with Gasteiger partial charge in [0.05, 0.1) is 54.0 Å². The molecule has 2 aliphatic carbocycles. The fourth-order valence-corrected chi connectivity index (χ4v) is 17.6. The molecule has 0 bridgehead atoms. The van der Waals surface area contributed by atoms with E-state index in [1.807, 2.05) is 64.1 Å². The van der Waals surface area contributed by atoms with Gasteiger partial charge in [-0.05, 0) is 171 Å². The molecule has 14 aromatic rings. The van der Waals surface area contributed by atoms with Gasteiger partial charge in [-0.15, -0.1) is 0 Å². The third kappa shape index (κ3) is 23.4. The van der Waals surface area contributed by atoms with Crippen LogP contribution in [0, 0.1) is 6.92 Å². The zero-order valence-corrected chi connectivity index (χ0v) is 83.2. The normalized spacial score (nSPS) is 16.9. The largest absolute Gasteiger partial charge is 0.381 e. The fourth-order valence-electron chi connectivity index (χ4n) is 17.6. The Hall–Kier alpha value is -10.6. The summed E-state index contributed by atoms with van der Waals surface area (Å²) in [5.41, 5.74) is 15.9. The van der Waals surface area contributed by atoms with Crippen LogP contribution >= 0.6 is 0 Å². The van der Waals surface area contributed by atoms with Gasteiger partial charge in [0.1, 0.15) is 52.4 Å². The van der Waals surface area contributed by atoms with E-state index in [4.69, 9.17) is 24.4 Å². The average molecular weight is 1780 g/mol. The number of benzene rings is 2. The van der Waals surface area contributed by atoms with Crippen LogP contribution in [-0.4, -0.2) is 181 Å². The zero-order chi connectivity index (χ0) is 93.9. The molecule has 24 heteroatoms. The van der Waals surface area contributed by atoms with Crippen molar-refractivity contribution in [3.63, 3.8) is 0 Å². The molecule has 0 N–H and O–H groups in total. The average Bonchev–Trinajstić information content (AvgIpc) is 1.62. The van der Waals surface area contributed by atoms with Gasteiger partial charge in [-0.2, -0.15) is 0 Å². The molecular weight excluding hydrogens is 1630 g/mol. The maximum atomic E-state index is 12.5. The summed E-state index contributed by atoms with van der Waals surface area (Å²) in [6.07, 6.45) is 37.0. The minimum atomic E-state index is -0.106. The number of rotatable bonds is 7. The van der Waals surface area contributed by atoms with Crippen molar-refractivity contribution < 1.29 is 19.1 Å². The van der Waals surface area contributed by atoms with Crippen LogP contribution in [0.15, 0.2) is 153 Å². The maximum absolute atomic E-state index is 12.5. The highest BCUT2D eigenvalue weighted by atomic mass is 16.5. The molecule has 2 amide bonds. The highest BCUT2D eigenvalue weighted by molar-refractivity contribution is 5.82. The van der Waals surface area contributed by atoms with Crippen molar-refractivity contribution in [2.75, 3.05) is 72.7 Å². The molecular formula is C107H148N20O4. The topological polar surface area (TPSA) is 225 Å². The number of likely N-dealkylation sites (tertiary alicyclic amines) is 1. The van der Waals surface area contributed by atoms with Crippen LogP contribution in [0.5, 0.6) is 0 Å². The number of piperazine rings is 1. The molecule has 6 aliphatic rings. The van der Waals surface area contributed by atoms with Crippen LogP contribution in [0.1, 0.15) is 305 Å². The number of pyridine rings is 1. The SMILES string of the molecule is CC(=O)N1CCC(n2ccc3cnc(C(C)(C)C)nc32)CC1.CC(C)(C)c1ccc2ncn(C3CCOCC3)c2c1.CC(C)(C)c1ccc2ncn(C3COC3)c2c1.CC(C)(C)c1ncc2ccn(C3CCC3)c2n1.CC(C)(C)c1ncc2ccn(C3CCCCC3)c2n1.CN1CCN(C(=O)Cn2ccc3cnc(C(C)(C)C)nc32)CC1.Cc1ccc2ccc(C(C)(C)C)cn12. The molecule has 700 valence electrons. The second-order valence-corrected chi connectivity index (χ2v) is 44.5. The number of carbonyl (C=O) groups excluding carboxylic acids is 2. The predicted octanol–water partition coefficient (Wildman–Crippen LogP) is 22.2. The van der Waals surface area contributed by atoms with E-state index in [1.54, 1.807) is 6.92 Å². The summed E-state index contributed by atoms with van der Waals surface area (Å²) in [6, 6.07) is 33.0. The molecule has 131 heavy (non-hydrogen) atoms. The number of nitrogens with zero attached hydrogens (tertiary/aromatic N) is 20. The minimum Gasteiger partial charge on any atom is -0.381 e. The zero-order valence-electron chi connectivity index (χ0n) is 83.2. The number of hydrogen-bond donors (Lipinski definition) is 0. The fraction of sp³-hybridized carbons (Fsp3) is 0.551. The Kier molecular flexibility index (Phi) is 29.2. The summed E-state index contributed by atoms with van der Waals surface area (Å²) in [5.74, 6) is 3.89. The van der Waals surface area contributed by atoms with E-state index in [0.29, 0.717) is 36.8 Å². The van der Waals surface area contributed by atoms with Crippen LogP contribution in [0.2, 0.25) is 0 Å². The van der Waals surface area contributed by atoms with Gasteiger partial charge in [0.25, 0.3) is 0 Å². The number of carbonyl (C=O) groups is 2. The minimum absolute atomic E-state index is 0.00978. The van der Waals surface area contributed by atoms with Gasteiger partial charge in [0.2, 0.25) is 11.8 Å². The molecule has 0 radical (unpaired) electrons. The van der Waals surface area contributed by atoms with Crippen molar-refractivity contribution in [3.8, 4) is 0 Å². The number of ether oxygens (including phenoxy) is 2. The summed E-state index contributed by atoms with van der Waals surface area (Å²) in [6.45, 7) is 58.5. The number of imidazole rings is 2. The maximum Gasteiger partial charge on any atom is 0.242 e. The molecule has 2 saturated carbocycles. The summed E-state index contributed by atoms with van der Waals surface area (Å²) >= 11 is 0. The summed E-state index contributed by atoms with van der Waals surface area (Å²) in [5, 5.41) is 4.38. The quantitative estimate of drug-likeness (QED) is 0.145. The number of aromatic nitrogens is 17. The molecule has 0 spiro atoms. The molecule has 20 rings (SSSR count). The lowest BCUT2D eigenvalue weighted by molar-refractivity contribution is -0.133. The van der Waals surface area contributed by atoms with Gasteiger partial charge < -0.3 is 56.0 Å². The number of piperidine rings is 1. The Morgan fingerprint density at radius 2 is 0.763 bits per heavy atom. The Morgan fingerprint density at radius 1 is 0.374 bits per heavy atom. The number of likely N-dealkylation sites (N-methyl/N-ethyl adjacent to an activating group) is 1. The number of fused-ring (bicyclic) bond motifs is 7. The van der Waals surface area contributed by atoms with Crippen molar-refractivity contribution in [1.82, 2.24) is 96.3 Å². The van der Waals surface area contributed by atoms with Crippen LogP contribution in [0.25, 0.3) is 71.7 Å². The van der Waals surface area contributed by atoms with Crippen molar-refractivity contribution in [3.05, 3.63) is 199 Å². The van der Waals surface area contributed by atoms with Crippen LogP contribution in [0.3, 0.4) is 0 Å². The highest BCUT2D eigenvalue weighted by Gasteiger charge is 2.31. The molecule has 0 unspecified atom stereocenters. The van der Waals surface area contributed by atoms with E-state index in [-0.39, 0.29) is 49.7 Å². The van der Waals surface area contributed by atoms with Crippen molar-refractivity contribution in [1.29, 1.82) is 0 Å². The van der Waals surface area contributed by atoms with Crippen LogP contribution < -0.4 is 0 Å². The highest BCUT2D eigenvalue weighted by Crippen LogP contribution is 2.38. The van der Waals surface area contributed by atoms with Crippen molar-refractivity contribution in [2.45, 2.75) is 311 Å².